The third-order valence-electron chi connectivity index (χ3n) is 4.05. The third kappa shape index (κ3) is 3.41. The summed E-state index contributed by atoms with van der Waals surface area (Å²) in [7, 11) is -3.25. The zero-order chi connectivity index (χ0) is 17.2. The predicted molar refractivity (Wildman–Crippen MR) is 92.3 cm³/mol. The minimum absolute atomic E-state index is 0.155. The Balaban J connectivity index is 1.78. The van der Waals surface area contributed by atoms with E-state index in [-0.39, 0.29) is 17.7 Å². The van der Waals surface area contributed by atoms with Crippen molar-refractivity contribution < 1.29 is 13.2 Å². The molecule has 24 heavy (non-hydrogen) atoms. The molecule has 6 nitrogen and oxygen atoms in total. The molecule has 1 aliphatic rings. The van der Waals surface area contributed by atoms with Crippen LogP contribution >= 0.6 is 0 Å². The summed E-state index contributed by atoms with van der Waals surface area (Å²) >= 11 is 0. The molecule has 0 spiro atoms. The summed E-state index contributed by atoms with van der Waals surface area (Å²) < 4.78 is 25.4. The smallest absolute Gasteiger partial charge is 0.251 e. The molecule has 2 aromatic rings. The maximum absolute atomic E-state index is 12.5. The lowest BCUT2D eigenvalue weighted by Gasteiger charge is -2.18. The fraction of sp³-hybridized carbons (Fsp3) is 0.294. The molecule has 1 amide bonds. The standard InChI is InChI=1S/C17H19N3O3S/c1-13(14-6-8-18-9-7-14)19-17(21)15-4-2-5-16(12-15)20-10-3-11-24(20,22)23/h2,4-9,12-13H,3,10-11H2,1H3,(H,19,21)/t13-/m0/s1. The lowest BCUT2D eigenvalue weighted by Crippen LogP contribution is -2.28. The molecule has 0 radical (unpaired) electrons. The first-order chi connectivity index (χ1) is 11.5. The topological polar surface area (TPSA) is 79.4 Å². The van der Waals surface area contributed by atoms with Crippen molar-refractivity contribution in [1.29, 1.82) is 0 Å². The van der Waals surface area contributed by atoms with Crippen LogP contribution in [0.1, 0.15) is 35.3 Å². The van der Waals surface area contributed by atoms with E-state index in [0.717, 1.165) is 5.56 Å². The van der Waals surface area contributed by atoms with E-state index < -0.39 is 10.0 Å². The number of rotatable bonds is 4. The van der Waals surface area contributed by atoms with E-state index in [1.165, 1.54) is 4.31 Å². The van der Waals surface area contributed by atoms with Gasteiger partial charge in [-0.05, 0) is 49.2 Å². The van der Waals surface area contributed by atoms with E-state index in [2.05, 4.69) is 10.3 Å². The van der Waals surface area contributed by atoms with Crippen LogP contribution in [0.25, 0.3) is 0 Å². The summed E-state index contributed by atoms with van der Waals surface area (Å²) in [6.07, 6.45) is 3.96. The Morgan fingerprint density at radius 3 is 2.67 bits per heavy atom. The molecule has 1 atom stereocenters. The van der Waals surface area contributed by atoms with Crippen LogP contribution in [0.2, 0.25) is 0 Å². The van der Waals surface area contributed by atoms with Crippen LogP contribution in [0.15, 0.2) is 48.8 Å². The first-order valence-corrected chi connectivity index (χ1v) is 9.39. The monoisotopic (exact) mass is 345 g/mol. The number of amides is 1. The first kappa shape index (κ1) is 16.4. The van der Waals surface area contributed by atoms with Gasteiger partial charge in [-0.3, -0.25) is 14.1 Å². The highest BCUT2D eigenvalue weighted by molar-refractivity contribution is 7.93. The van der Waals surface area contributed by atoms with Crippen LogP contribution in [-0.4, -0.2) is 31.6 Å². The second kappa shape index (κ2) is 6.60. The highest BCUT2D eigenvalue weighted by atomic mass is 32.2. The van der Waals surface area contributed by atoms with Gasteiger partial charge < -0.3 is 5.32 Å². The van der Waals surface area contributed by atoms with Gasteiger partial charge in [-0.1, -0.05) is 6.07 Å². The maximum Gasteiger partial charge on any atom is 0.251 e. The summed E-state index contributed by atoms with van der Waals surface area (Å²) in [6.45, 7) is 2.35. The van der Waals surface area contributed by atoms with Gasteiger partial charge in [-0.25, -0.2) is 8.42 Å². The van der Waals surface area contributed by atoms with Gasteiger partial charge in [-0.2, -0.15) is 0 Å². The van der Waals surface area contributed by atoms with E-state index in [1.54, 1.807) is 36.7 Å². The van der Waals surface area contributed by atoms with Crippen molar-refractivity contribution in [3.05, 3.63) is 59.9 Å². The third-order valence-corrected chi connectivity index (χ3v) is 5.92. The molecule has 0 unspecified atom stereocenters. The van der Waals surface area contributed by atoms with Gasteiger partial charge in [0.2, 0.25) is 10.0 Å². The van der Waals surface area contributed by atoms with Crippen LogP contribution < -0.4 is 9.62 Å². The van der Waals surface area contributed by atoms with E-state index >= 15 is 0 Å². The molecular weight excluding hydrogens is 326 g/mol. The Morgan fingerprint density at radius 1 is 1.25 bits per heavy atom. The number of hydrogen-bond acceptors (Lipinski definition) is 4. The number of aromatic nitrogens is 1. The average molecular weight is 345 g/mol. The average Bonchev–Trinajstić information content (AvgIpc) is 2.95. The van der Waals surface area contributed by atoms with Crippen molar-refractivity contribution in [3.63, 3.8) is 0 Å². The van der Waals surface area contributed by atoms with Crippen molar-refractivity contribution in [1.82, 2.24) is 10.3 Å². The molecule has 1 fully saturated rings. The van der Waals surface area contributed by atoms with Crippen LogP contribution in [-0.2, 0) is 10.0 Å². The van der Waals surface area contributed by atoms with Crippen molar-refractivity contribution in [3.8, 4) is 0 Å². The Labute approximate surface area is 141 Å². The molecule has 0 saturated carbocycles. The van der Waals surface area contributed by atoms with Crippen molar-refractivity contribution in [2.75, 3.05) is 16.6 Å². The second-order valence-electron chi connectivity index (χ2n) is 5.77. The van der Waals surface area contributed by atoms with Gasteiger partial charge in [0.15, 0.2) is 0 Å². The quantitative estimate of drug-likeness (QED) is 0.920. The number of sulfonamides is 1. The molecule has 0 bridgehead atoms. The first-order valence-electron chi connectivity index (χ1n) is 7.79. The van der Waals surface area contributed by atoms with Gasteiger partial charge in [-0.15, -0.1) is 0 Å². The highest BCUT2D eigenvalue weighted by Gasteiger charge is 2.28. The van der Waals surface area contributed by atoms with Crippen molar-refractivity contribution in [2.24, 2.45) is 0 Å². The molecule has 1 aromatic carbocycles. The number of carbonyl (C=O) groups excluding carboxylic acids is 1. The molecule has 7 heteroatoms. The molecule has 126 valence electrons. The SMILES string of the molecule is C[C@H](NC(=O)c1cccc(N2CCCS2(=O)=O)c1)c1ccncc1. The molecular formula is C17H19N3O3S. The van der Waals surface area contributed by atoms with Gasteiger partial charge in [0.25, 0.3) is 5.91 Å². The lowest BCUT2D eigenvalue weighted by atomic mass is 10.1. The normalized spacial score (nSPS) is 17.5. The van der Waals surface area contributed by atoms with E-state index in [0.29, 0.717) is 24.2 Å². The largest absolute Gasteiger partial charge is 0.346 e. The Kier molecular flexibility index (Phi) is 4.53. The molecule has 1 aliphatic heterocycles. The molecule has 0 aliphatic carbocycles. The maximum atomic E-state index is 12.5. The van der Waals surface area contributed by atoms with E-state index in [1.807, 2.05) is 19.1 Å². The minimum atomic E-state index is -3.25. The summed E-state index contributed by atoms with van der Waals surface area (Å²) in [4.78, 5) is 16.4. The number of nitrogens with zero attached hydrogens (tertiary/aromatic N) is 2. The molecule has 1 aromatic heterocycles. The van der Waals surface area contributed by atoms with Gasteiger partial charge in [0.05, 0.1) is 17.5 Å². The summed E-state index contributed by atoms with van der Waals surface area (Å²) in [6, 6.07) is 10.2. The number of hydrogen-bond donors (Lipinski definition) is 1. The number of nitrogens with one attached hydrogen (secondary N) is 1. The van der Waals surface area contributed by atoms with Gasteiger partial charge >= 0.3 is 0 Å². The van der Waals surface area contributed by atoms with Crippen molar-refractivity contribution in [2.45, 2.75) is 19.4 Å². The van der Waals surface area contributed by atoms with Gasteiger partial charge in [0.1, 0.15) is 0 Å². The number of benzene rings is 1. The minimum Gasteiger partial charge on any atom is -0.346 e. The lowest BCUT2D eigenvalue weighted by molar-refractivity contribution is 0.0940. The summed E-state index contributed by atoms with van der Waals surface area (Å²) in [5.74, 6) is -0.0829. The highest BCUT2D eigenvalue weighted by Crippen LogP contribution is 2.25. The Morgan fingerprint density at radius 2 is 2.00 bits per heavy atom. The number of anilines is 1. The zero-order valence-electron chi connectivity index (χ0n) is 13.3. The van der Waals surface area contributed by atoms with Gasteiger partial charge in [0, 0.05) is 24.5 Å². The van der Waals surface area contributed by atoms with Crippen LogP contribution in [0.5, 0.6) is 0 Å². The zero-order valence-corrected chi connectivity index (χ0v) is 14.2. The van der Waals surface area contributed by atoms with Crippen LogP contribution in [0.3, 0.4) is 0 Å². The van der Waals surface area contributed by atoms with E-state index in [9.17, 15) is 13.2 Å². The molecule has 1 N–H and O–H groups in total. The molecule has 1 saturated heterocycles. The Hall–Kier alpha value is -2.41. The Bertz CT molecular complexity index is 837. The van der Waals surface area contributed by atoms with Crippen LogP contribution in [0.4, 0.5) is 5.69 Å². The van der Waals surface area contributed by atoms with Crippen LogP contribution in [0, 0.1) is 0 Å². The second-order valence-corrected chi connectivity index (χ2v) is 7.78. The fourth-order valence-corrected chi connectivity index (χ4v) is 4.30. The molecule has 2 heterocycles. The fourth-order valence-electron chi connectivity index (χ4n) is 2.75. The number of carbonyl (C=O) groups is 1. The summed E-state index contributed by atoms with van der Waals surface area (Å²) in [5, 5.41) is 2.92. The van der Waals surface area contributed by atoms with E-state index in [4.69, 9.17) is 0 Å². The van der Waals surface area contributed by atoms with Crippen molar-refractivity contribution >= 4 is 21.6 Å². The molecule has 3 rings (SSSR count). The summed E-state index contributed by atoms with van der Waals surface area (Å²) in [5.41, 5.74) is 1.93. The number of pyridine rings is 1. The predicted octanol–water partition coefficient (Wildman–Crippen LogP) is 2.11.